The third-order valence-electron chi connectivity index (χ3n) is 8.43. The minimum Gasteiger partial charge on any atom is -0.444 e. The molecule has 0 unspecified atom stereocenters. The number of hydrogen-bond donors (Lipinski definition) is 3. The molecule has 0 bridgehead atoms. The highest BCUT2D eigenvalue weighted by atomic mass is 19.4. The van der Waals surface area contributed by atoms with Crippen LogP contribution in [-0.2, 0) is 52.3 Å². The number of ether oxygens (including phenoxy) is 4. The van der Waals surface area contributed by atoms with E-state index in [9.17, 15) is 22.8 Å². The number of nitrogens with one attached hydrogen (secondary N) is 3. The number of nitrogens with zero attached hydrogens (tertiary/aromatic N) is 7. The van der Waals surface area contributed by atoms with Crippen LogP contribution in [0.15, 0.2) is 36.8 Å². The average molecular weight is 787 g/mol. The van der Waals surface area contributed by atoms with Gasteiger partial charge in [-0.1, -0.05) is 0 Å². The molecule has 5 rings (SSSR count). The average Bonchev–Trinajstić information content (AvgIpc) is 3.82. The Hall–Kier alpha value is -5.11. The number of fused-ring (bicyclic) bond motifs is 1. The number of rotatable bonds is 19. The third kappa shape index (κ3) is 11.0. The van der Waals surface area contributed by atoms with Crippen molar-refractivity contribution in [2.75, 3.05) is 69.5 Å². The summed E-state index contributed by atoms with van der Waals surface area (Å²) in [6.07, 6.45) is -1.96. The van der Waals surface area contributed by atoms with Gasteiger partial charge in [-0.25, -0.2) is 9.78 Å². The lowest BCUT2D eigenvalue weighted by molar-refractivity contribution is -0.138. The molecule has 3 aromatic heterocycles. The number of halogens is 3. The maximum atomic E-state index is 14.5. The van der Waals surface area contributed by atoms with Crippen LogP contribution in [0.4, 0.5) is 29.6 Å². The van der Waals surface area contributed by atoms with E-state index in [4.69, 9.17) is 18.9 Å². The van der Waals surface area contributed by atoms with Crippen molar-refractivity contribution in [1.82, 2.24) is 40.2 Å². The molecular formula is C37H49F3N10O6. The molecule has 0 aliphatic carbocycles. The Morgan fingerprint density at radius 3 is 2.27 bits per heavy atom. The first kappa shape index (κ1) is 42.0. The number of anilines is 2. The van der Waals surface area contributed by atoms with Gasteiger partial charge in [0, 0.05) is 51.4 Å². The predicted octanol–water partition coefficient (Wildman–Crippen LogP) is 4.55. The highest BCUT2D eigenvalue weighted by Gasteiger charge is 2.41. The first-order valence-corrected chi connectivity index (χ1v) is 18.2. The quantitative estimate of drug-likeness (QED) is 0.114. The van der Waals surface area contributed by atoms with Crippen LogP contribution >= 0.6 is 0 Å². The van der Waals surface area contributed by atoms with E-state index in [2.05, 4.69) is 36.2 Å². The van der Waals surface area contributed by atoms with Gasteiger partial charge in [-0.2, -0.15) is 18.3 Å². The van der Waals surface area contributed by atoms with Gasteiger partial charge >= 0.3 is 12.3 Å². The standard InChI is InChI=1S/C37H49F3N10O6/c1-7-42-30-18-25(32-27(21-45-49(32)6)33-47-44-23-48(33)5)19-31(46-30)50-22-28-26(34(50)51)16-24(17-29(28)37(38,39)40)20-41-8-10-53-12-14-55-15-13-54-11-9-43-35(52)56-36(2,3)4/h16-19,21,23,41H,7-15,20,22H2,1-6H3,(H,42,46)(H,43,52). The van der Waals surface area contributed by atoms with E-state index in [0.29, 0.717) is 93.3 Å². The highest BCUT2D eigenvalue weighted by molar-refractivity contribution is 6.10. The van der Waals surface area contributed by atoms with E-state index in [1.807, 2.05) is 6.92 Å². The Balaban J connectivity index is 1.15. The van der Waals surface area contributed by atoms with Crippen LogP contribution in [0.25, 0.3) is 22.6 Å². The number of alkyl carbamates (subject to hydrolysis) is 1. The van der Waals surface area contributed by atoms with Gasteiger partial charge in [-0.05, 0) is 63.1 Å². The summed E-state index contributed by atoms with van der Waals surface area (Å²) >= 11 is 0. The number of carbonyl (C=O) groups excluding carboxylic acids is 2. The number of alkyl halides is 3. The fraction of sp³-hybridized carbons (Fsp3) is 0.514. The molecule has 304 valence electrons. The van der Waals surface area contributed by atoms with Gasteiger partial charge in [0.25, 0.3) is 5.91 Å². The second kappa shape index (κ2) is 18.7. The fourth-order valence-corrected chi connectivity index (χ4v) is 6.00. The summed E-state index contributed by atoms with van der Waals surface area (Å²) < 4.78 is 68.4. The lowest BCUT2D eigenvalue weighted by atomic mass is 9.99. The van der Waals surface area contributed by atoms with Gasteiger partial charge in [0.05, 0.1) is 69.2 Å². The van der Waals surface area contributed by atoms with Crippen LogP contribution in [0.1, 0.15) is 54.7 Å². The van der Waals surface area contributed by atoms with Gasteiger partial charge in [0.2, 0.25) is 0 Å². The second-order valence-corrected chi connectivity index (χ2v) is 13.9. The van der Waals surface area contributed by atoms with Gasteiger partial charge in [-0.3, -0.25) is 14.4 Å². The van der Waals surface area contributed by atoms with Crippen LogP contribution < -0.4 is 20.9 Å². The number of pyridine rings is 1. The fourth-order valence-electron chi connectivity index (χ4n) is 6.00. The van der Waals surface area contributed by atoms with E-state index < -0.39 is 29.3 Å². The molecule has 3 N–H and O–H groups in total. The molecule has 16 nitrogen and oxygen atoms in total. The van der Waals surface area contributed by atoms with E-state index in [1.165, 1.54) is 11.0 Å². The summed E-state index contributed by atoms with van der Waals surface area (Å²) in [5, 5.41) is 21.5. The van der Waals surface area contributed by atoms with Gasteiger partial charge < -0.3 is 39.5 Å². The molecule has 4 aromatic rings. The lowest BCUT2D eigenvalue weighted by Gasteiger charge is -2.19. The number of carbonyl (C=O) groups is 2. The second-order valence-electron chi connectivity index (χ2n) is 13.9. The first-order chi connectivity index (χ1) is 26.7. The summed E-state index contributed by atoms with van der Waals surface area (Å²) in [5.41, 5.74) is 0.750. The van der Waals surface area contributed by atoms with Crippen LogP contribution in [0.2, 0.25) is 0 Å². The zero-order valence-electron chi connectivity index (χ0n) is 32.5. The predicted molar refractivity (Wildman–Crippen MR) is 201 cm³/mol. The van der Waals surface area contributed by atoms with Crippen molar-refractivity contribution in [3.63, 3.8) is 0 Å². The van der Waals surface area contributed by atoms with Gasteiger partial charge in [0.15, 0.2) is 5.82 Å². The smallest absolute Gasteiger partial charge is 0.416 e. The summed E-state index contributed by atoms with van der Waals surface area (Å²) in [6, 6.07) is 6.06. The monoisotopic (exact) mass is 786 g/mol. The molecule has 56 heavy (non-hydrogen) atoms. The summed E-state index contributed by atoms with van der Waals surface area (Å²) in [4.78, 5) is 31.4. The summed E-state index contributed by atoms with van der Waals surface area (Å²) in [6.45, 7) is 10.2. The SMILES string of the molecule is CCNc1cc(-c2c(-c3nncn3C)cnn2C)cc(N2Cc3c(cc(CNCCOCCOCCOCCNC(=O)OC(C)(C)C)cc3C(F)(F)F)C2=O)n1. The molecule has 1 aliphatic rings. The Bertz CT molecular complexity index is 1960. The van der Waals surface area contributed by atoms with Gasteiger partial charge in [0.1, 0.15) is 23.6 Å². The zero-order chi connectivity index (χ0) is 40.5. The molecule has 0 spiro atoms. The normalized spacial score (nSPS) is 13.0. The lowest BCUT2D eigenvalue weighted by Crippen LogP contribution is -2.34. The Morgan fingerprint density at radius 2 is 1.62 bits per heavy atom. The molecule has 2 amide bonds. The van der Waals surface area contributed by atoms with Gasteiger partial charge in [-0.15, -0.1) is 10.2 Å². The van der Waals surface area contributed by atoms with Crippen molar-refractivity contribution in [3.05, 3.63) is 59.0 Å². The van der Waals surface area contributed by atoms with Crippen molar-refractivity contribution in [3.8, 4) is 22.6 Å². The molecule has 19 heteroatoms. The van der Waals surface area contributed by atoms with Crippen LogP contribution in [0.3, 0.4) is 0 Å². The van der Waals surface area contributed by atoms with E-state index >= 15 is 0 Å². The van der Waals surface area contributed by atoms with Crippen molar-refractivity contribution in [2.45, 2.75) is 52.6 Å². The Morgan fingerprint density at radius 1 is 0.929 bits per heavy atom. The van der Waals surface area contributed by atoms with Crippen molar-refractivity contribution in [2.24, 2.45) is 14.1 Å². The first-order valence-electron chi connectivity index (χ1n) is 18.2. The zero-order valence-corrected chi connectivity index (χ0v) is 32.5. The Labute approximate surface area is 323 Å². The molecular weight excluding hydrogens is 737 g/mol. The molecule has 0 atom stereocenters. The maximum Gasteiger partial charge on any atom is 0.416 e. The largest absolute Gasteiger partial charge is 0.444 e. The van der Waals surface area contributed by atoms with Crippen LogP contribution in [0.5, 0.6) is 0 Å². The molecule has 0 fully saturated rings. The van der Waals surface area contributed by atoms with Crippen LogP contribution in [0, 0.1) is 0 Å². The van der Waals surface area contributed by atoms with E-state index in [-0.39, 0.29) is 30.0 Å². The van der Waals surface area contributed by atoms with Crippen molar-refractivity contribution in [1.29, 1.82) is 0 Å². The summed E-state index contributed by atoms with van der Waals surface area (Å²) in [5.74, 6) is 0.626. The molecule has 0 radical (unpaired) electrons. The van der Waals surface area contributed by atoms with Crippen molar-refractivity contribution >= 4 is 23.6 Å². The maximum absolute atomic E-state index is 14.5. The molecule has 1 aromatic carbocycles. The number of aromatic nitrogens is 6. The van der Waals surface area contributed by atoms with E-state index in [1.54, 1.807) is 68.8 Å². The Kier molecular flexibility index (Phi) is 14.0. The number of aryl methyl sites for hydroxylation is 2. The topological polar surface area (TPSA) is 172 Å². The molecule has 0 saturated carbocycles. The number of amides is 2. The number of hydrogen-bond acceptors (Lipinski definition) is 12. The number of benzene rings is 1. The summed E-state index contributed by atoms with van der Waals surface area (Å²) in [7, 11) is 3.57. The minimum absolute atomic E-state index is 0.0224. The molecule has 1 aliphatic heterocycles. The van der Waals surface area contributed by atoms with Crippen LogP contribution in [-0.4, -0.2) is 106 Å². The highest BCUT2D eigenvalue weighted by Crippen LogP contribution is 2.41. The minimum atomic E-state index is -4.69. The van der Waals surface area contributed by atoms with E-state index in [0.717, 1.165) is 6.07 Å². The third-order valence-corrected chi connectivity index (χ3v) is 8.43. The van der Waals surface area contributed by atoms with Crippen molar-refractivity contribution < 1.29 is 41.7 Å². The molecule has 4 heterocycles. The molecule has 0 saturated heterocycles.